The summed E-state index contributed by atoms with van der Waals surface area (Å²) < 4.78 is 44.5. The van der Waals surface area contributed by atoms with Gasteiger partial charge < -0.3 is 10.2 Å². The van der Waals surface area contributed by atoms with E-state index in [0.717, 1.165) is 0 Å². The van der Waals surface area contributed by atoms with Crippen molar-refractivity contribution in [2.75, 3.05) is 0 Å². The molecule has 2 aromatic carbocycles. The summed E-state index contributed by atoms with van der Waals surface area (Å²) in [5.41, 5.74) is 6.71. The molecule has 5 nitrogen and oxygen atoms in total. The van der Waals surface area contributed by atoms with E-state index in [4.69, 9.17) is 10.2 Å². The van der Waals surface area contributed by atoms with Gasteiger partial charge in [0.15, 0.2) is 5.76 Å². The number of hydrogen-bond donors (Lipinski definition) is 1. The lowest BCUT2D eigenvalue weighted by Crippen LogP contribution is -2.07. The Hall–Kier alpha value is -2.51. The molecule has 0 spiro atoms. The maximum absolute atomic E-state index is 13.5. The quantitative estimate of drug-likeness (QED) is 0.784. The van der Waals surface area contributed by atoms with Gasteiger partial charge in [-0.15, -0.1) is 0 Å². The van der Waals surface area contributed by atoms with Crippen LogP contribution in [-0.4, -0.2) is 13.4 Å². The van der Waals surface area contributed by atoms with Gasteiger partial charge in [-0.3, -0.25) is 0 Å². The van der Waals surface area contributed by atoms with Crippen LogP contribution in [0.25, 0.3) is 11.5 Å². The second kappa shape index (κ2) is 6.18. The van der Waals surface area contributed by atoms with Crippen molar-refractivity contribution in [2.24, 2.45) is 5.73 Å². The zero-order valence-corrected chi connectivity index (χ0v) is 13.7. The zero-order valence-electron chi connectivity index (χ0n) is 12.9. The Morgan fingerprint density at radius 2 is 1.88 bits per heavy atom. The van der Waals surface area contributed by atoms with Crippen molar-refractivity contribution in [2.45, 2.75) is 23.4 Å². The van der Waals surface area contributed by atoms with E-state index in [1.54, 1.807) is 31.2 Å². The highest BCUT2D eigenvalue weighted by atomic mass is 32.2. The molecule has 0 aliphatic rings. The molecule has 124 valence electrons. The average molecular weight is 346 g/mol. The first-order valence-corrected chi connectivity index (χ1v) is 8.68. The number of aromatic nitrogens is 1. The molecule has 0 amide bonds. The highest BCUT2D eigenvalue weighted by Crippen LogP contribution is 2.30. The molecule has 0 bridgehead atoms. The number of sulfone groups is 1. The van der Waals surface area contributed by atoms with E-state index in [1.165, 1.54) is 24.3 Å². The molecule has 0 fully saturated rings. The summed E-state index contributed by atoms with van der Waals surface area (Å²) in [5, 5.41) is -0.241. The number of benzene rings is 2. The molecule has 0 unspecified atom stereocenters. The zero-order chi connectivity index (χ0) is 17.3. The molecule has 0 saturated carbocycles. The number of halogens is 1. The Morgan fingerprint density at radius 3 is 2.54 bits per heavy atom. The van der Waals surface area contributed by atoms with E-state index >= 15 is 0 Å². The fourth-order valence-corrected chi connectivity index (χ4v) is 3.69. The van der Waals surface area contributed by atoms with Crippen molar-refractivity contribution in [3.63, 3.8) is 0 Å². The van der Waals surface area contributed by atoms with Gasteiger partial charge in [0.2, 0.25) is 20.8 Å². The average Bonchev–Trinajstić information content (AvgIpc) is 3.03. The van der Waals surface area contributed by atoms with Crippen LogP contribution in [0.1, 0.15) is 11.3 Å². The molecule has 7 heteroatoms. The minimum Gasteiger partial charge on any atom is -0.438 e. The third-order valence-corrected chi connectivity index (χ3v) is 5.31. The van der Waals surface area contributed by atoms with E-state index in [2.05, 4.69) is 4.98 Å². The van der Waals surface area contributed by atoms with Gasteiger partial charge in [-0.25, -0.2) is 12.8 Å². The van der Waals surface area contributed by atoms with E-state index < -0.39 is 15.7 Å². The molecule has 3 aromatic rings. The molecule has 1 aromatic heterocycles. The molecule has 0 aliphatic carbocycles. The summed E-state index contributed by atoms with van der Waals surface area (Å²) in [4.78, 5) is 4.19. The van der Waals surface area contributed by atoms with Crippen LogP contribution in [-0.2, 0) is 16.4 Å². The highest BCUT2D eigenvalue weighted by molar-refractivity contribution is 7.91. The first-order valence-electron chi connectivity index (χ1n) is 7.20. The first-order chi connectivity index (χ1) is 11.4. The van der Waals surface area contributed by atoms with Crippen LogP contribution in [0.15, 0.2) is 62.9 Å². The summed E-state index contributed by atoms with van der Waals surface area (Å²) in [6.07, 6.45) is 0. The van der Waals surface area contributed by atoms with Crippen molar-refractivity contribution in [1.82, 2.24) is 4.98 Å². The molecule has 0 aliphatic heterocycles. The summed E-state index contributed by atoms with van der Waals surface area (Å²) in [7, 11) is -3.87. The fourth-order valence-electron chi connectivity index (χ4n) is 2.33. The molecule has 24 heavy (non-hydrogen) atoms. The van der Waals surface area contributed by atoms with Crippen LogP contribution in [0, 0.1) is 12.7 Å². The van der Waals surface area contributed by atoms with Crippen molar-refractivity contribution in [3.05, 3.63) is 65.7 Å². The minimum absolute atomic E-state index is 0.0296. The standard InChI is InChI=1S/C17H15FN2O3S/c1-11-7-8-12(18)9-14(11)16-20-17(15(10-19)23-16)24(21,22)13-5-3-2-4-6-13/h2-9H,10,19H2,1H3. The van der Waals surface area contributed by atoms with E-state index in [-0.39, 0.29) is 28.1 Å². The number of rotatable bonds is 4. The molecule has 3 rings (SSSR count). The van der Waals surface area contributed by atoms with Gasteiger partial charge in [0.25, 0.3) is 0 Å². The summed E-state index contributed by atoms with van der Waals surface area (Å²) in [6.45, 7) is 1.62. The largest absolute Gasteiger partial charge is 0.438 e. The number of oxazole rings is 1. The summed E-state index contributed by atoms with van der Waals surface area (Å²) in [5.74, 6) is -0.393. The molecule has 1 heterocycles. The van der Waals surface area contributed by atoms with E-state index in [0.29, 0.717) is 11.1 Å². The maximum atomic E-state index is 13.5. The van der Waals surface area contributed by atoms with Gasteiger partial charge in [0.05, 0.1) is 11.4 Å². The van der Waals surface area contributed by atoms with Gasteiger partial charge in [-0.2, -0.15) is 4.98 Å². The minimum atomic E-state index is -3.87. The van der Waals surface area contributed by atoms with Crippen molar-refractivity contribution in [1.29, 1.82) is 0 Å². The van der Waals surface area contributed by atoms with E-state index in [9.17, 15) is 12.8 Å². The fraction of sp³-hybridized carbons (Fsp3) is 0.118. The SMILES string of the molecule is Cc1ccc(F)cc1-c1nc(S(=O)(=O)c2ccccc2)c(CN)o1. The van der Waals surface area contributed by atoms with Crippen molar-refractivity contribution >= 4 is 9.84 Å². The summed E-state index contributed by atoms with van der Waals surface area (Å²) in [6, 6.07) is 12.0. The molecule has 0 radical (unpaired) electrons. The van der Waals surface area contributed by atoms with Crippen molar-refractivity contribution in [3.8, 4) is 11.5 Å². The smallest absolute Gasteiger partial charge is 0.228 e. The molecule has 2 N–H and O–H groups in total. The third kappa shape index (κ3) is 2.83. The third-order valence-electron chi connectivity index (χ3n) is 3.58. The lowest BCUT2D eigenvalue weighted by atomic mass is 10.1. The van der Waals surface area contributed by atoms with Crippen LogP contribution in [0.4, 0.5) is 4.39 Å². The molecule has 0 atom stereocenters. The predicted octanol–water partition coefficient (Wildman–Crippen LogP) is 3.08. The Labute approximate surface area is 138 Å². The molecular formula is C17H15FN2O3S. The van der Waals surface area contributed by atoms with Crippen LogP contribution in [0.5, 0.6) is 0 Å². The van der Waals surface area contributed by atoms with Gasteiger partial charge in [0.1, 0.15) is 5.82 Å². The normalized spacial score (nSPS) is 11.6. The first kappa shape index (κ1) is 16.4. The lowest BCUT2D eigenvalue weighted by molar-refractivity contribution is 0.509. The Morgan fingerprint density at radius 1 is 1.17 bits per heavy atom. The van der Waals surface area contributed by atoms with Crippen LogP contribution < -0.4 is 5.73 Å². The van der Waals surface area contributed by atoms with E-state index in [1.807, 2.05) is 0 Å². The lowest BCUT2D eigenvalue weighted by Gasteiger charge is -2.01. The van der Waals surface area contributed by atoms with Gasteiger partial charge in [0, 0.05) is 5.56 Å². The molecular weight excluding hydrogens is 331 g/mol. The van der Waals surface area contributed by atoms with Gasteiger partial charge in [-0.1, -0.05) is 24.3 Å². The highest BCUT2D eigenvalue weighted by Gasteiger charge is 2.27. The van der Waals surface area contributed by atoms with Crippen molar-refractivity contribution < 1.29 is 17.2 Å². The number of aryl methyl sites for hydroxylation is 1. The van der Waals surface area contributed by atoms with Gasteiger partial charge in [-0.05, 0) is 36.8 Å². The maximum Gasteiger partial charge on any atom is 0.228 e. The Balaban J connectivity index is 2.17. The topological polar surface area (TPSA) is 86.2 Å². The van der Waals surface area contributed by atoms with Crippen LogP contribution >= 0.6 is 0 Å². The molecule has 0 saturated heterocycles. The van der Waals surface area contributed by atoms with Gasteiger partial charge >= 0.3 is 0 Å². The van der Waals surface area contributed by atoms with Crippen LogP contribution in [0.3, 0.4) is 0 Å². The monoisotopic (exact) mass is 346 g/mol. The Kier molecular flexibility index (Phi) is 4.21. The summed E-state index contributed by atoms with van der Waals surface area (Å²) >= 11 is 0. The predicted molar refractivity (Wildman–Crippen MR) is 86.4 cm³/mol. The Bertz CT molecular complexity index is 982. The number of hydrogen-bond acceptors (Lipinski definition) is 5. The second-order valence-corrected chi connectivity index (χ2v) is 7.09. The van der Waals surface area contributed by atoms with Crippen LogP contribution in [0.2, 0.25) is 0 Å². The number of nitrogens with two attached hydrogens (primary N) is 1. The number of nitrogens with zero attached hydrogens (tertiary/aromatic N) is 1. The second-order valence-electron chi connectivity index (χ2n) is 5.23.